The molecule has 9 heteroatoms. The fourth-order valence-corrected chi connectivity index (χ4v) is 5.78. The van der Waals surface area contributed by atoms with Gasteiger partial charge in [0.15, 0.2) is 0 Å². The Hall–Kier alpha value is -3.01. The summed E-state index contributed by atoms with van der Waals surface area (Å²) in [5.74, 6) is 1.16. The van der Waals surface area contributed by atoms with Crippen LogP contribution in [0.4, 0.5) is 5.69 Å². The molecule has 0 aliphatic rings. The van der Waals surface area contributed by atoms with E-state index in [4.69, 9.17) is 0 Å². The summed E-state index contributed by atoms with van der Waals surface area (Å²) in [6.45, 7) is 0. The van der Waals surface area contributed by atoms with E-state index in [1.807, 2.05) is 53.2 Å². The van der Waals surface area contributed by atoms with Crippen LogP contribution >= 0.6 is 34.4 Å². The Morgan fingerprint density at radius 1 is 1.13 bits per heavy atom. The quantitative estimate of drug-likeness (QED) is 0.364. The Labute approximate surface area is 189 Å². The van der Waals surface area contributed by atoms with Gasteiger partial charge in [-0.3, -0.25) is 14.6 Å². The monoisotopic (exact) mass is 464 g/mol. The molecule has 0 fully saturated rings. The van der Waals surface area contributed by atoms with Gasteiger partial charge in [0, 0.05) is 27.4 Å². The van der Waals surface area contributed by atoms with E-state index in [1.54, 1.807) is 17.5 Å². The minimum absolute atomic E-state index is 0.110. The van der Waals surface area contributed by atoms with Gasteiger partial charge >= 0.3 is 0 Å². The Morgan fingerprint density at radius 2 is 2.06 bits per heavy atom. The maximum absolute atomic E-state index is 12.7. The Kier molecular flexibility index (Phi) is 5.54. The fraction of sp³-hybridized carbons (Fsp3) is 0.0909. The molecule has 0 bridgehead atoms. The summed E-state index contributed by atoms with van der Waals surface area (Å²) < 4.78 is 0. The molecule has 0 aliphatic carbocycles. The van der Waals surface area contributed by atoms with Crippen molar-refractivity contribution in [3.8, 4) is 10.4 Å². The number of fused-ring (bicyclic) bond motifs is 2. The number of pyridine rings is 1. The van der Waals surface area contributed by atoms with Crippen molar-refractivity contribution < 1.29 is 4.79 Å². The van der Waals surface area contributed by atoms with Gasteiger partial charge in [-0.15, -0.1) is 34.4 Å². The maximum atomic E-state index is 12.7. The molecule has 1 aromatic carbocycles. The van der Waals surface area contributed by atoms with Crippen molar-refractivity contribution in [3.63, 3.8) is 0 Å². The molecule has 1 amide bonds. The van der Waals surface area contributed by atoms with Crippen LogP contribution < -0.4 is 10.9 Å². The van der Waals surface area contributed by atoms with Gasteiger partial charge in [-0.05, 0) is 35.7 Å². The molecule has 5 aromatic rings. The van der Waals surface area contributed by atoms with Gasteiger partial charge in [0.25, 0.3) is 5.56 Å². The molecule has 5 rings (SSSR count). The van der Waals surface area contributed by atoms with E-state index in [0.717, 1.165) is 31.9 Å². The number of nitrogens with zero attached hydrogens (tertiary/aromatic N) is 2. The summed E-state index contributed by atoms with van der Waals surface area (Å²) in [5, 5.41) is 8.44. The summed E-state index contributed by atoms with van der Waals surface area (Å²) >= 11 is 4.47. The van der Waals surface area contributed by atoms with Crippen LogP contribution in [0.25, 0.3) is 31.6 Å². The second kappa shape index (κ2) is 8.62. The van der Waals surface area contributed by atoms with E-state index >= 15 is 0 Å². The number of aromatic nitrogens is 3. The number of hydrogen-bond donors (Lipinski definition) is 2. The molecule has 31 heavy (non-hydrogen) atoms. The van der Waals surface area contributed by atoms with E-state index in [2.05, 4.69) is 20.3 Å². The summed E-state index contributed by atoms with van der Waals surface area (Å²) in [6.07, 6.45) is 1.73. The van der Waals surface area contributed by atoms with Crippen LogP contribution in [0.5, 0.6) is 0 Å². The van der Waals surface area contributed by atoms with Gasteiger partial charge in [0.2, 0.25) is 5.91 Å². The molecule has 6 nitrogen and oxygen atoms in total. The van der Waals surface area contributed by atoms with Crippen molar-refractivity contribution in [2.75, 3.05) is 11.1 Å². The Balaban J connectivity index is 1.26. The normalized spacial score (nSPS) is 11.2. The van der Waals surface area contributed by atoms with Gasteiger partial charge in [0.05, 0.1) is 28.1 Å². The summed E-state index contributed by atoms with van der Waals surface area (Å²) in [5.41, 5.74) is 2.36. The number of thiophene rings is 2. The summed E-state index contributed by atoms with van der Waals surface area (Å²) in [6, 6.07) is 13.4. The van der Waals surface area contributed by atoms with Crippen LogP contribution in [0.2, 0.25) is 0 Å². The molecule has 0 saturated carbocycles. The number of benzene rings is 1. The van der Waals surface area contributed by atoms with Gasteiger partial charge in [-0.25, -0.2) is 4.98 Å². The second-order valence-corrected chi connectivity index (χ2v) is 9.53. The lowest BCUT2D eigenvalue weighted by Gasteiger charge is -2.08. The second-order valence-electron chi connectivity index (χ2n) is 6.74. The number of rotatable bonds is 6. The zero-order valence-electron chi connectivity index (χ0n) is 16.1. The van der Waals surface area contributed by atoms with Crippen molar-refractivity contribution in [1.29, 1.82) is 0 Å². The third kappa shape index (κ3) is 4.12. The number of amides is 1. The van der Waals surface area contributed by atoms with E-state index in [1.165, 1.54) is 23.1 Å². The fourth-order valence-electron chi connectivity index (χ4n) is 3.31. The average Bonchev–Trinajstić information content (AvgIpc) is 3.44. The zero-order chi connectivity index (χ0) is 21.2. The summed E-state index contributed by atoms with van der Waals surface area (Å²) in [7, 11) is 0. The average molecular weight is 465 g/mol. The topological polar surface area (TPSA) is 87.7 Å². The number of carbonyl (C=O) groups excluding carboxylic acids is 1. The smallest absolute Gasteiger partial charge is 0.260 e. The predicted molar refractivity (Wildman–Crippen MR) is 130 cm³/mol. The number of aromatic amines is 1. The highest BCUT2D eigenvalue weighted by Crippen LogP contribution is 2.33. The largest absolute Gasteiger partial charge is 0.325 e. The molecule has 154 valence electrons. The van der Waals surface area contributed by atoms with Gasteiger partial charge < -0.3 is 10.3 Å². The van der Waals surface area contributed by atoms with Crippen molar-refractivity contribution >= 4 is 67.1 Å². The highest BCUT2D eigenvalue weighted by molar-refractivity contribution is 7.99. The highest BCUT2D eigenvalue weighted by Gasteiger charge is 2.14. The molecule has 0 unspecified atom stereocenters. The van der Waals surface area contributed by atoms with Crippen molar-refractivity contribution in [2.24, 2.45) is 0 Å². The molecular formula is C22H16N4O2S3. The number of thioether (sulfide) groups is 1. The highest BCUT2D eigenvalue weighted by atomic mass is 32.2. The molecule has 0 radical (unpaired) electrons. The minimum atomic E-state index is -0.141. The number of hydrogen-bond acceptors (Lipinski definition) is 7. The molecule has 0 aliphatic heterocycles. The number of nitrogens with one attached hydrogen (secondary N) is 2. The zero-order valence-corrected chi connectivity index (χ0v) is 18.6. The van der Waals surface area contributed by atoms with Gasteiger partial charge in [-0.1, -0.05) is 12.1 Å². The lowest BCUT2D eigenvalue weighted by Crippen LogP contribution is -2.15. The third-order valence-corrected chi connectivity index (χ3v) is 7.39. The first kappa shape index (κ1) is 19.9. The Bertz CT molecular complexity index is 1440. The molecule has 2 N–H and O–H groups in total. The molecule has 0 saturated heterocycles. The van der Waals surface area contributed by atoms with Crippen LogP contribution in [0, 0.1) is 0 Å². The first-order chi connectivity index (χ1) is 15.2. The maximum Gasteiger partial charge on any atom is 0.260 e. The van der Waals surface area contributed by atoms with Gasteiger partial charge in [-0.2, -0.15) is 0 Å². The SMILES string of the molecule is O=C(CSCc1nc2scc(-c3cccs3)c2c(=O)[nH]1)Nc1cccc2ncccc12. The first-order valence-corrected chi connectivity index (χ1v) is 12.4. The van der Waals surface area contributed by atoms with Crippen LogP contribution in [-0.2, 0) is 10.5 Å². The number of anilines is 1. The van der Waals surface area contributed by atoms with Crippen LogP contribution in [-0.4, -0.2) is 26.6 Å². The molecule has 0 spiro atoms. The lowest BCUT2D eigenvalue weighted by atomic mass is 10.2. The predicted octanol–water partition coefficient (Wildman–Crippen LogP) is 5.13. The lowest BCUT2D eigenvalue weighted by molar-refractivity contribution is -0.113. The number of carbonyl (C=O) groups is 1. The van der Waals surface area contributed by atoms with E-state index in [9.17, 15) is 9.59 Å². The molecule has 0 atom stereocenters. The third-order valence-electron chi connectivity index (χ3n) is 4.67. The molecule has 4 aromatic heterocycles. The molecular weight excluding hydrogens is 448 g/mol. The summed E-state index contributed by atoms with van der Waals surface area (Å²) in [4.78, 5) is 38.6. The van der Waals surface area contributed by atoms with Crippen molar-refractivity contribution in [2.45, 2.75) is 5.75 Å². The van der Waals surface area contributed by atoms with E-state index in [-0.39, 0.29) is 17.2 Å². The standard InChI is InChI=1S/C22H16N4O2S3/c27-19(24-16-6-1-5-15-13(16)4-2-8-23-15)12-29-11-18-25-21(28)20-14(10-31-22(20)26-18)17-7-3-9-30-17/h1-10H,11-12H2,(H,24,27)(H,25,26,28). The number of H-pyrrole nitrogens is 1. The van der Waals surface area contributed by atoms with Crippen LogP contribution in [0.15, 0.2) is 64.2 Å². The first-order valence-electron chi connectivity index (χ1n) is 9.44. The van der Waals surface area contributed by atoms with Crippen LogP contribution in [0.1, 0.15) is 5.82 Å². The van der Waals surface area contributed by atoms with Crippen LogP contribution in [0.3, 0.4) is 0 Å². The Morgan fingerprint density at radius 3 is 2.94 bits per heavy atom. The molecule has 4 heterocycles. The van der Waals surface area contributed by atoms with Gasteiger partial charge in [0.1, 0.15) is 10.7 Å². The van der Waals surface area contributed by atoms with E-state index < -0.39 is 0 Å². The van der Waals surface area contributed by atoms with Crippen molar-refractivity contribution in [3.05, 3.63) is 75.6 Å². The van der Waals surface area contributed by atoms with Crippen molar-refractivity contribution in [1.82, 2.24) is 15.0 Å². The van der Waals surface area contributed by atoms with E-state index in [0.29, 0.717) is 17.0 Å². The minimum Gasteiger partial charge on any atom is -0.325 e.